The fourth-order valence-electron chi connectivity index (χ4n) is 2.71. The van der Waals surface area contributed by atoms with Crippen molar-refractivity contribution in [3.63, 3.8) is 0 Å². The quantitative estimate of drug-likeness (QED) is 0.924. The highest BCUT2D eigenvalue weighted by Crippen LogP contribution is 2.28. The minimum atomic E-state index is -1.09. The predicted molar refractivity (Wildman–Crippen MR) is 88.8 cm³/mol. The van der Waals surface area contributed by atoms with Gasteiger partial charge < -0.3 is 14.7 Å². The van der Waals surface area contributed by atoms with E-state index in [1.165, 1.54) is 23.5 Å². The SMILES string of the molecule is Cc1ncsc1C(=O)N1CC[C@@](C)(O)[C@H](Oc2cccc(F)c2)C1. The standard InChI is InChI=1S/C17H19FN2O3S/c1-11-15(24-10-19-11)16(21)20-7-6-17(2,22)14(9-20)23-13-5-3-4-12(18)8-13/h3-5,8,10,14,22H,6-7,9H2,1-2H3/t14-,17-/m1/s1. The van der Waals surface area contributed by atoms with Gasteiger partial charge in [0.05, 0.1) is 17.7 Å². The average Bonchev–Trinajstić information content (AvgIpc) is 2.95. The van der Waals surface area contributed by atoms with Crippen LogP contribution >= 0.6 is 11.3 Å². The molecule has 7 heteroatoms. The number of hydrogen-bond donors (Lipinski definition) is 1. The number of halogens is 1. The number of carbonyl (C=O) groups excluding carboxylic acids is 1. The van der Waals surface area contributed by atoms with Gasteiger partial charge in [0, 0.05) is 12.6 Å². The molecule has 1 aromatic carbocycles. The highest BCUT2D eigenvalue weighted by molar-refractivity contribution is 7.11. The molecular weight excluding hydrogens is 331 g/mol. The lowest BCUT2D eigenvalue weighted by Crippen LogP contribution is -2.57. The van der Waals surface area contributed by atoms with Gasteiger partial charge in [0.15, 0.2) is 0 Å². The zero-order valence-electron chi connectivity index (χ0n) is 13.5. The molecule has 1 aliphatic heterocycles. The summed E-state index contributed by atoms with van der Waals surface area (Å²) in [5.74, 6) is -0.182. The van der Waals surface area contributed by atoms with Gasteiger partial charge in [0.25, 0.3) is 5.91 Å². The molecule has 24 heavy (non-hydrogen) atoms. The summed E-state index contributed by atoms with van der Waals surface area (Å²) in [6.45, 7) is 4.15. The highest BCUT2D eigenvalue weighted by atomic mass is 32.1. The normalized spacial score (nSPS) is 24.0. The zero-order valence-corrected chi connectivity index (χ0v) is 14.3. The Hall–Kier alpha value is -1.99. The predicted octanol–water partition coefficient (Wildman–Crippen LogP) is 2.64. The Morgan fingerprint density at radius 2 is 2.33 bits per heavy atom. The van der Waals surface area contributed by atoms with Gasteiger partial charge in [-0.15, -0.1) is 11.3 Å². The van der Waals surface area contributed by atoms with Crippen molar-refractivity contribution < 1.29 is 19.0 Å². The molecule has 128 valence electrons. The number of thiazole rings is 1. The van der Waals surface area contributed by atoms with Crippen LogP contribution in [0.3, 0.4) is 0 Å². The first-order chi connectivity index (χ1) is 11.4. The Morgan fingerprint density at radius 1 is 1.54 bits per heavy atom. The first-order valence-electron chi connectivity index (χ1n) is 7.71. The summed E-state index contributed by atoms with van der Waals surface area (Å²) < 4.78 is 19.1. The fourth-order valence-corrected chi connectivity index (χ4v) is 3.48. The second-order valence-electron chi connectivity index (χ2n) is 6.19. The van der Waals surface area contributed by atoms with Gasteiger partial charge in [-0.05, 0) is 32.4 Å². The molecule has 0 unspecified atom stereocenters. The van der Waals surface area contributed by atoms with Crippen LogP contribution in [-0.2, 0) is 0 Å². The van der Waals surface area contributed by atoms with Gasteiger partial charge in [-0.3, -0.25) is 4.79 Å². The molecule has 1 aliphatic rings. The Labute approximate surface area is 143 Å². The lowest BCUT2D eigenvalue weighted by Gasteiger charge is -2.42. The zero-order chi connectivity index (χ0) is 17.3. The molecule has 2 aromatic rings. The second kappa shape index (κ2) is 6.49. The third-order valence-corrected chi connectivity index (χ3v) is 5.19. The molecule has 1 aromatic heterocycles. The number of aromatic nitrogens is 1. The van der Waals surface area contributed by atoms with Crippen molar-refractivity contribution >= 4 is 17.2 Å². The Kier molecular flexibility index (Phi) is 4.56. The first-order valence-corrected chi connectivity index (χ1v) is 8.59. The molecule has 3 rings (SSSR count). The average molecular weight is 350 g/mol. The van der Waals surface area contributed by atoms with Gasteiger partial charge in [0.2, 0.25) is 0 Å². The van der Waals surface area contributed by atoms with Crippen molar-refractivity contribution in [2.75, 3.05) is 13.1 Å². The molecule has 0 radical (unpaired) electrons. The molecular formula is C17H19FN2O3S. The first kappa shape index (κ1) is 16.9. The largest absolute Gasteiger partial charge is 0.485 e. The van der Waals surface area contributed by atoms with Crippen LogP contribution in [-0.4, -0.2) is 45.7 Å². The van der Waals surface area contributed by atoms with Crippen LogP contribution in [0.15, 0.2) is 29.8 Å². The number of rotatable bonds is 3. The van der Waals surface area contributed by atoms with Crippen molar-refractivity contribution in [2.45, 2.75) is 32.0 Å². The molecule has 1 amide bonds. The number of aliphatic hydroxyl groups is 1. The number of benzene rings is 1. The summed E-state index contributed by atoms with van der Waals surface area (Å²) >= 11 is 1.30. The smallest absolute Gasteiger partial charge is 0.265 e. The third kappa shape index (κ3) is 3.42. The maximum Gasteiger partial charge on any atom is 0.265 e. The number of ether oxygens (including phenoxy) is 1. The van der Waals surface area contributed by atoms with Crippen LogP contribution in [0.25, 0.3) is 0 Å². The van der Waals surface area contributed by atoms with Gasteiger partial charge in [-0.25, -0.2) is 9.37 Å². The van der Waals surface area contributed by atoms with Gasteiger partial charge in [-0.2, -0.15) is 0 Å². The van der Waals surface area contributed by atoms with Crippen molar-refractivity contribution in [1.29, 1.82) is 0 Å². The lowest BCUT2D eigenvalue weighted by molar-refractivity contribution is -0.0881. The van der Waals surface area contributed by atoms with Crippen LogP contribution in [0.5, 0.6) is 5.75 Å². The maximum absolute atomic E-state index is 13.3. The minimum Gasteiger partial charge on any atom is -0.485 e. The molecule has 0 spiro atoms. The van der Waals surface area contributed by atoms with Gasteiger partial charge in [-0.1, -0.05) is 6.07 Å². The number of amides is 1. The van der Waals surface area contributed by atoms with E-state index in [1.54, 1.807) is 36.4 Å². The molecule has 1 saturated heterocycles. The van der Waals surface area contributed by atoms with E-state index in [1.807, 2.05) is 0 Å². The van der Waals surface area contributed by atoms with Crippen LogP contribution in [0.1, 0.15) is 28.7 Å². The molecule has 1 fully saturated rings. The van der Waals surface area contributed by atoms with E-state index in [0.29, 0.717) is 29.3 Å². The number of likely N-dealkylation sites (tertiary alicyclic amines) is 1. The van der Waals surface area contributed by atoms with Crippen molar-refractivity contribution in [3.05, 3.63) is 46.2 Å². The summed E-state index contributed by atoms with van der Waals surface area (Å²) in [5.41, 5.74) is 1.25. The van der Waals surface area contributed by atoms with Crippen molar-refractivity contribution in [1.82, 2.24) is 9.88 Å². The Balaban J connectivity index is 1.77. The second-order valence-corrected chi connectivity index (χ2v) is 7.04. The van der Waals surface area contributed by atoms with E-state index in [2.05, 4.69) is 4.98 Å². The van der Waals surface area contributed by atoms with Crippen LogP contribution in [0, 0.1) is 12.7 Å². The molecule has 0 bridgehead atoms. The van der Waals surface area contributed by atoms with E-state index >= 15 is 0 Å². The van der Waals surface area contributed by atoms with E-state index in [-0.39, 0.29) is 12.5 Å². The van der Waals surface area contributed by atoms with E-state index in [9.17, 15) is 14.3 Å². The Morgan fingerprint density at radius 3 is 3.00 bits per heavy atom. The number of aryl methyl sites for hydroxylation is 1. The van der Waals surface area contributed by atoms with E-state index < -0.39 is 17.5 Å². The fraction of sp³-hybridized carbons (Fsp3) is 0.412. The van der Waals surface area contributed by atoms with E-state index in [0.717, 1.165) is 0 Å². The number of nitrogens with zero attached hydrogens (tertiary/aromatic N) is 2. The number of carbonyl (C=O) groups is 1. The van der Waals surface area contributed by atoms with Crippen molar-refractivity contribution in [3.8, 4) is 5.75 Å². The number of piperidine rings is 1. The maximum atomic E-state index is 13.3. The molecule has 5 nitrogen and oxygen atoms in total. The topological polar surface area (TPSA) is 62.7 Å². The van der Waals surface area contributed by atoms with Gasteiger partial charge >= 0.3 is 0 Å². The molecule has 0 saturated carbocycles. The summed E-state index contributed by atoms with van der Waals surface area (Å²) in [6, 6.07) is 5.78. The van der Waals surface area contributed by atoms with E-state index in [4.69, 9.17) is 4.74 Å². The molecule has 0 aliphatic carbocycles. The highest BCUT2D eigenvalue weighted by Gasteiger charge is 2.41. The number of hydrogen-bond acceptors (Lipinski definition) is 5. The summed E-state index contributed by atoms with van der Waals surface area (Å²) in [4.78, 5) is 19.0. The molecule has 1 N–H and O–H groups in total. The van der Waals surface area contributed by atoms with Crippen LogP contribution in [0.4, 0.5) is 4.39 Å². The Bertz CT molecular complexity index is 747. The molecule has 2 atom stereocenters. The van der Waals surface area contributed by atoms with Crippen LogP contribution < -0.4 is 4.74 Å². The van der Waals surface area contributed by atoms with Gasteiger partial charge in [0.1, 0.15) is 28.1 Å². The lowest BCUT2D eigenvalue weighted by atomic mass is 9.90. The monoisotopic (exact) mass is 350 g/mol. The summed E-state index contributed by atoms with van der Waals surface area (Å²) in [5, 5.41) is 10.6. The molecule has 2 heterocycles. The van der Waals surface area contributed by atoms with Crippen molar-refractivity contribution in [2.24, 2.45) is 0 Å². The summed E-state index contributed by atoms with van der Waals surface area (Å²) in [6.07, 6.45) is -0.249. The van der Waals surface area contributed by atoms with Crippen LogP contribution in [0.2, 0.25) is 0 Å². The summed E-state index contributed by atoms with van der Waals surface area (Å²) in [7, 11) is 0. The minimum absolute atomic E-state index is 0.113. The third-order valence-electron chi connectivity index (χ3n) is 4.27.